The van der Waals surface area contributed by atoms with E-state index in [4.69, 9.17) is 0 Å². The van der Waals surface area contributed by atoms with Gasteiger partial charge in [-0.05, 0) is 37.0 Å². The van der Waals surface area contributed by atoms with Crippen molar-refractivity contribution in [3.05, 3.63) is 71.1 Å². The molecule has 0 atom stereocenters. The molecule has 0 fully saturated rings. The summed E-state index contributed by atoms with van der Waals surface area (Å²) in [5.41, 5.74) is 2.19. The van der Waals surface area contributed by atoms with Gasteiger partial charge >= 0.3 is 0 Å². The van der Waals surface area contributed by atoms with E-state index in [0.717, 1.165) is 29.8 Å². The maximum absolute atomic E-state index is 12.4. The summed E-state index contributed by atoms with van der Waals surface area (Å²) in [4.78, 5) is 27.6. The van der Waals surface area contributed by atoms with Crippen molar-refractivity contribution >= 4 is 29.3 Å². The van der Waals surface area contributed by atoms with Gasteiger partial charge in [0.15, 0.2) is 0 Å². The molecule has 0 spiro atoms. The second kappa shape index (κ2) is 8.72. The standard InChI is InChI=1S/C21H22N2O2S/c1-23-17-12-5-6-13-18(17)26-19(21(23)25)15-20(24)22-14-8-7-11-16-9-3-2-4-10-16/h2-6,9-10,12-13,15H,7-8,11,14H2,1H3,(H,22,24). The summed E-state index contributed by atoms with van der Waals surface area (Å²) in [5.74, 6) is -0.360. The number of amides is 2. The molecule has 5 heteroatoms. The number of anilines is 1. The van der Waals surface area contributed by atoms with E-state index in [2.05, 4.69) is 17.4 Å². The summed E-state index contributed by atoms with van der Waals surface area (Å²) in [6, 6.07) is 18.0. The normalized spacial score (nSPS) is 15.0. The Morgan fingerprint density at radius 2 is 1.81 bits per heavy atom. The summed E-state index contributed by atoms with van der Waals surface area (Å²) in [5, 5.41) is 2.88. The predicted octanol–water partition coefficient (Wildman–Crippen LogP) is 3.78. The van der Waals surface area contributed by atoms with Crippen LogP contribution in [-0.2, 0) is 16.0 Å². The molecule has 2 amide bonds. The van der Waals surface area contributed by atoms with Crippen molar-refractivity contribution in [2.24, 2.45) is 0 Å². The lowest BCUT2D eigenvalue weighted by atomic mass is 10.1. The number of rotatable bonds is 6. The van der Waals surface area contributed by atoms with Crippen molar-refractivity contribution in [1.82, 2.24) is 5.32 Å². The van der Waals surface area contributed by atoms with Crippen LogP contribution in [0.1, 0.15) is 18.4 Å². The Kier molecular flexibility index (Phi) is 6.12. The molecule has 1 heterocycles. The third kappa shape index (κ3) is 4.55. The molecule has 1 aliphatic heterocycles. The molecular weight excluding hydrogens is 344 g/mol. The largest absolute Gasteiger partial charge is 0.353 e. The highest BCUT2D eigenvalue weighted by Gasteiger charge is 2.26. The number of aryl methyl sites for hydroxylation is 1. The molecule has 26 heavy (non-hydrogen) atoms. The second-order valence-electron chi connectivity index (χ2n) is 6.18. The smallest absolute Gasteiger partial charge is 0.265 e. The summed E-state index contributed by atoms with van der Waals surface area (Å²) in [6.45, 7) is 0.612. The molecule has 0 unspecified atom stereocenters. The maximum atomic E-state index is 12.4. The summed E-state index contributed by atoms with van der Waals surface area (Å²) in [7, 11) is 1.73. The van der Waals surface area contributed by atoms with Crippen LogP contribution in [0.3, 0.4) is 0 Å². The van der Waals surface area contributed by atoms with Gasteiger partial charge in [-0.2, -0.15) is 0 Å². The number of fused-ring (bicyclic) bond motifs is 1. The number of para-hydroxylation sites is 1. The van der Waals surface area contributed by atoms with Crippen molar-refractivity contribution in [3.63, 3.8) is 0 Å². The van der Waals surface area contributed by atoms with E-state index in [9.17, 15) is 9.59 Å². The van der Waals surface area contributed by atoms with E-state index in [1.165, 1.54) is 23.4 Å². The Morgan fingerprint density at radius 3 is 2.62 bits per heavy atom. The Hall–Kier alpha value is -2.53. The number of unbranched alkanes of at least 4 members (excludes halogenated alkanes) is 1. The Morgan fingerprint density at radius 1 is 1.08 bits per heavy atom. The van der Waals surface area contributed by atoms with Gasteiger partial charge < -0.3 is 10.2 Å². The Labute approximate surface area is 158 Å². The third-order valence-electron chi connectivity index (χ3n) is 4.26. The van der Waals surface area contributed by atoms with Crippen LogP contribution in [0, 0.1) is 0 Å². The van der Waals surface area contributed by atoms with Crippen molar-refractivity contribution in [1.29, 1.82) is 0 Å². The van der Waals surface area contributed by atoms with Crippen molar-refractivity contribution in [3.8, 4) is 0 Å². The van der Waals surface area contributed by atoms with Crippen LogP contribution in [0.2, 0.25) is 0 Å². The maximum Gasteiger partial charge on any atom is 0.265 e. The molecular formula is C21H22N2O2S. The fraction of sp³-hybridized carbons (Fsp3) is 0.238. The number of benzene rings is 2. The SMILES string of the molecule is CN1C(=O)C(=CC(=O)NCCCCc2ccccc2)Sc2ccccc21. The van der Waals surface area contributed by atoms with Crippen molar-refractivity contribution in [2.45, 2.75) is 24.2 Å². The predicted molar refractivity (Wildman–Crippen MR) is 106 cm³/mol. The first-order valence-electron chi connectivity index (χ1n) is 8.73. The molecule has 3 rings (SSSR count). The molecule has 1 aliphatic rings. The molecule has 2 aromatic rings. The first-order valence-corrected chi connectivity index (χ1v) is 9.55. The highest BCUT2D eigenvalue weighted by Crippen LogP contribution is 2.40. The van der Waals surface area contributed by atoms with Gasteiger partial charge in [0.25, 0.3) is 5.91 Å². The van der Waals surface area contributed by atoms with E-state index in [1.807, 2.05) is 42.5 Å². The van der Waals surface area contributed by atoms with Gasteiger partial charge in [0.2, 0.25) is 5.91 Å². The summed E-state index contributed by atoms with van der Waals surface area (Å²) < 4.78 is 0. The second-order valence-corrected chi connectivity index (χ2v) is 7.26. The third-order valence-corrected chi connectivity index (χ3v) is 5.34. The van der Waals surface area contributed by atoms with Gasteiger partial charge in [-0.15, -0.1) is 0 Å². The van der Waals surface area contributed by atoms with E-state index in [0.29, 0.717) is 11.4 Å². The zero-order valence-corrected chi connectivity index (χ0v) is 15.6. The van der Waals surface area contributed by atoms with Gasteiger partial charge in [-0.3, -0.25) is 9.59 Å². The van der Waals surface area contributed by atoms with E-state index in [-0.39, 0.29) is 11.8 Å². The minimum absolute atomic E-state index is 0.145. The van der Waals surface area contributed by atoms with Crippen LogP contribution >= 0.6 is 11.8 Å². The van der Waals surface area contributed by atoms with Crippen LogP contribution < -0.4 is 10.2 Å². The van der Waals surface area contributed by atoms with E-state index < -0.39 is 0 Å². The summed E-state index contributed by atoms with van der Waals surface area (Å²) >= 11 is 1.35. The van der Waals surface area contributed by atoms with Gasteiger partial charge in [-0.25, -0.2) is 0 Å². The first-order chi connectivity index (χ1) is 12.6. The summed E-state index contributed by atoms with van der Waals surface area (Å²) in [6.07, 6.45) is 4.35. The fourth-order valence-electron chi connectivity index (χ4n) is 2.83. The zero-order chi connectivity index (χ0) is 18.4. The Bertz CT molecular complexity index is 818. The van der Waals surface area contributed by atoms with E-state index in [1.54, 1.807) is 11.9 Å². The molecule has 2 aromatic carbocycles. The van der Waals surface area contributed by atoms with Gasteiger partial charge in [0, 0.05) is 24.6 Å². The highest BCUT2D eigenvalue weighted by molar-refractivity contribution is 8.04. The van der Waals surface area contributed by atoms with Gasteiger partial charge in [-0.1, -0.05) is 54.2 Å². The zero-order valence-electron chi connectivity index (χ0n) is 14.8. The molecule has 0 aliphatic carbocycles. The lowest BCUT2D eigenvalue weighted by Crippen LogP contribution is -2.31. The molecule has 4 nitrogen and oxygen atoms in total. The molecule has 0 saturated heterocycles. The minimum Gasteiger partial charge on any atom is -0.353 e. The molecule has 0 radical (unpaired) electrons. The number of thioether (sulfide) groups is 1. The van der Waals surface area contributed by atoms with Crippen LogP contribution in [-0.4, -0.2) is 25.4 Å². The molecule has 134 valence electrons. The number of nitrogens with zero attached hydrogens (tertiary/aromatic N) is 1. The minimum atomic E-state index is -0.214. The van der Waals surface area contributed by atoms with Crippen LogP contribution in [0.25, 0.3) is 0 Å². The van der Waals surface area contributed by atoms with Crippen LogP contribution in [0.4, 0.5) is 5.69 Å². The fourth-order valence-corrected chi connectivity index (χ4v) is 3.91. The molecule has 0 aromatic heterocycles. The highest BCUT2D eigenvalue weighted by atomic mass is 32.2. The number of carbonyl (C=O) groups excluding carboxylic acids is 2. The van der Waals surface area contributed by atoms with E-state index >= 15 is 0 Å². The number of nitrogens with one attached hydrogen (secondary N) is 1. The van der Waals surface area contributed by atoms with Crippen molar-refractivity contribution in [2.75, 3.05) is 18.5 Å². The van der Waals surface area contributed by atoms with Crippen molar-refractivity contribution < 1.29 is 9.59 Å². The number of carbonyl (C=O) groups is 2. The van der Waals surface area contributed by atoms with Crippen LogP contribution in [0.15, 0.2) is 70.5 Å². The average Bonchev–Trinajstić information content (AvgIpc) is 2.66. The van der Waals surface area contributed by atoms with Crippen LogP contribution in [0.5, 0.6) is 0 Å². The topological polar surface area (TPSA) is 49.4 Å². The Balaban J connectivity index is 1.49. The lowest BCUT2D eigenvalue weighted by molar-refractivity contribution is -0.117. The number of hydrogen-bond acceptors (Lipinski definition) is 3. The number of likely N-dealkylation sites (N-methyl/N-ethyl adjacent to an activating group) is 1. The molecule has 0 bridgehead atoms. The van der Waals surface area contributed by atoms with Gasteiger partial charge in [0.05, 0.1) is 10.6 Å². The van der Waals surface area contributed by atoms with Gasteiger partial charge in [0.1, 0.15) is 0 Å². The number of hydrogen-bond donors (Lipinski definition) is 1. The quantitative estimate of drug-likeness (QED) is 0.625. The monoisotopic (exact) mass is 366 g/mol. The average molecular weight is 366 g/mol. The lowest BCUT2D eigenvalue weighted by Gasteiger charge is -2.26. The molecule has 0 saturated carbocycles. The molecule has 1 N–H and O–H groups in total. The first kappa shape index (κ1) is 18.3.